The van der Waals surface area contributed by atoms with Crippen LogP contribution in [0.5, 0.6) is 0 Å². The Kier molecular flexibility index (Phi) is 4.93. The van der Waals surface area contributed by atoms with E-state index in [1.54, 1.807) is 25.1 Å². The first-order valence-corrected chi connectivity index (χ1v) is 8.37. The molecule has 0 aliphatic carbocycles. The molecular formula is C15H17N5O2S. The van der Waals surface area contributed by atoms with Crippen molar-refractivity contribution < 1.29 is 8.42 Å². The summed E-state index contributed by atoms with van der Waals surface area (Å²) in [6.45, 7) is 3.94. The van der Waals surface area contributed by atoms with Gasteiger partial charge in [0.05, 0.1) is 10.6 Å². The zero-order chi connectivity index (χ0) is 17.0. The van der Waals surface area contributed by atoms with Crippen molar-refractivity contribution in [1.29, 1.82) is 5.26 Å². The molecule has 0 atom stereocenters. The maximum atomic E-state index is 11.8. The second-order valence-electron chi connectivity index (χ2n) is 4.95. The zero-order valence-corrected chi connectivity index (χ0v) is 13.9. The van der Waals surface area contributed by atoms with Crippen LogP contribution in [0.25, 0.3) is 0 Å². The van der Waals surface area contributed by atoms with E-state index in [4.69, 9.17) is 0 Å². The number of rotatable bonds is 5. The van der Waals surface area contributed by atoms with Crippen molar-refractivity contribution >= 4 is 15.8 Å². The predicted octanol–water partition coefficient (Wildman–Crippen LogP) is 1.49. The third-order valence-electron chi connectivity index (χ3n) is 3.50. The van der Waals surface area contributed by atoms with E-state index in [9.17, 15) is 13.7 Å². The number of nitriles is 1. The molecule has 0 unspecified atom stereocenters. The number of aryl methyl sites for hydroxylation is 1. The van der Waals surface area contributed by atoms with Crippen LogP contribution in [0.2, 0.25) is 0 Å². The number of hydrogen-bond acceptors (Lipinski definition) is 6. The van der Waals surface area contributed by atoms with Crippen LogP contribution in [0.15, 0.2) is 29.2 Å². The van der Waals surface area contributed by atoms with Gasteiger partial charge in [0.25, 0.3) is 0 Å². The van der Waals surface area contributed by atoms with Gasteiger partial charge in [-0.3, -0.25) is 0 Å². The molecule has 1 heterocycles. The number of sulfonamides is 1. The molecule has 1 aromatic carbocycles. The van der Waals surface area contributed by atoms with Crippen LogP contribution in [0, 0.1) is 25.2 Å². The summed E-state index contributed by atoms with van der Waals surface area (Å²) in [7, 11) is -2.12. The third-order valence-corrected chi connectivity index (χ3v) is 4.92. The lowest BCUT2D eigenvalue weighted by Crippen LogP contribution is -2.18. The molecule has 1 aromatic heterocycles. The minimum Gasteiger partial charge on any atom is -0.363 e. The van der Waals surface area contributed by atoms with Gasteiger partial charge in [-0.05, 0) is 44.2 Å². The fourth-order valence-corrected chi connectivity index (χ4v) is 2.80. The van der Waals surface area contributed by atoms with E-state index in [2.05, 4.69) is 26.3 Å². The van der Waals surface area contributed by atoms with E-state index in [0.29, 0.717) is 23.6 Å². The van der Waals surface area contributed by atoms with E-state index < -0.39 is 10.0 Å². The lowest BCUT2D eigenvalue weighted by Gasteiger charge is -2.10. The molecule has 23 heavy (non-hydrogen) atoms. The Morgan fingerprint density at radius 1 is 1.26 bits per heavy atom. The standard InChI is InChI=1S/C15H17N5O2S/c1-10-11(2)19-20-15(14(10)8-16)18-9-12-5-4-6-13(7-12)23(21,22)17-3/h4-7,17H,9H2,1-3H3,(H,18,20). The summed E-state index contributed by atoms with van der Waals surface area (Å²) >= 11 is 0. The Morgan fingerprint density at radius 2 is 2.00 bits per heavy atom. The Morgan fingerprint density at radius 3 is 2.65 bits per heavy atom. The lowest BCUT2D eigenvalue weighted by atomic mass is 10.1. The summed E-state index contributed by atoms with van der Waals surface area (Å²) in [5.41, 5.74) is 2.67. The van der Waals surface area contributed by atoms with Crippen molar-refractivity contribution in [3.63, 3.8) is 0 Å². The van der Waals surface area contributed by atoms with Crippen molar-refractivity contribution in [2.24, 2.45) is 0 Å². The summed E-state index contributed by atoms with van der Waals surface area (Å²) < 4.78 is 25.9. The Bertz CT molecular complexity index is 872. The van der Waals surface area contributed by atoms with Crippen molar-refractivity contribution in [3.8, 4) is 6.07 Å². The minimum absolute atomic E-state index is 0.186. The number of nitrogens with one attached hydrogen (secondary N) is 2. The molecule has 120 valence electrons. The Balaban J connectivity index is 2.25. The molecule has 0 saturated heterocycles. The van der Waals surface area contributed by atoms with Crippen molar-refractivity contribution in [3.05, 3.63) is 46.6 Å². The highest BCUT2D eigenvalue weighted by atomic mass is 32.2. The highest BCUT2D eigenvalue weighted by Gasteiger charge is 2.13. The van der Waals surface area contributed by atoms with Gasteiger partial charge < -0.3 is 5.32 Å². The fraction of sp³-hybridized carbons (Fsp3) is 0.267. The van der Waals surface area contributed by atoms with Gasteiger partial charge in [-0.1, -0.05) is 12.1 Å². The number of nitrogens with zero attached hydrogens (tertiary/aromatic N) is 3. The SMILES string of the molecule is CNS(=O)(=O)c1cccc(CNc2nnc(C)c(C)c2C#N)c1. The Hall–Kier alpha value is -2.50. The minimum atomic E-state index is -3.49. The van der Waals surface area contributed by atoms with E-state index >= 15 is 0 Å². The van der Waals surface area contributed by atoms with Gasteiger partial charge in [0.2, 0.25) is 10.0 Å². The average molecular weight is 331 g/mol. The third kappa shape index (κ3) is 3.64. The van der Waals surface area contributed by atoms with Gasteiger partial charge in [-0.25, -0.2) is 13.1 Å². The molecule has 0 saturated carbocycles. The molecule has 0 radical (unpaired) electrons. The van der Waals surface area contributed by atoms with Crippen molar-refractivity contribution in [2.75, 3.05) is 12.4 Å². The maximum absolute atomic E-state index is 11.8. The zero-order valence-electron chi connectivity index (χ0n) is 13.1. The van der Waals surface area contributed by atoms with Crippen molar-refractivity contribution in [1.82, 2.24) is 14.9 Å². The molecule has 0 amide bonds. The smallest absolute Gasteiger partial charge is 0.240 e. The largest absolute Gasteiger partial charge is 0.363 e. The quantitative estimate of drug-likeness (QED) is 0.859. The Labute approximate surface area is 135 Å². The molecule has 7 nitrogen and oxygen atoms in total. The van der Waals surface area contributed by atoms with E-state index in [1.165, 1.54) is 13.1 Å². The molecule has 0 fully saturated rings. The highest BCUT2D eigenvalue weighted by molar-refractivity contribution is 7.89. The first kappa shape index (κ1) is 16.9. The average Bonchev–Trinajstić information content (AvgIpc) is 2.56. The number of anilines is 1. The summed E-state index contributed by atoms with van der Waals surface area (Å²) in [5, 5.41) is 20.3. The number of hydrogen-bond donors (Lipinski definition) is 2. The normalized spacial score (nSPS) is 11.0. The summed E-state index contributed by atoms with van der Waals surface area (Å²) in [6.07, 6.45) is 0. The first-order chi connectivity index (χ1) is 10.9. The van der Waals surface area contributed by atoms with Crippen LogP contribution >= 0.6 is 0 Å². The second-order valence-corrected chi connectivity index (χ2v) is 6.84. The van der Waals surface area contributed by atoms with Gasteiger partial charge >= 0.3 is 0 Å². The molecule has 2 N–H and O–H groups in total. The van der Waals surface area contributed by atoms with Gasteiger partial charge in [0.1, 0.15) is 11.6 Å². The van der Waals surface area contributed by atoms with Gasteiger partial charge in [-0.15, -0.1) is 5.10 Å². The second kappa shape index (κ2) is 6.73. The van der Waals surface area contributed by atoms with Crippen LogP contribution in [-0.4, -0.2) is 25.7 Å². The van der Waals surface area contributed by atoms with Crippen LogP contribution in [0.3, 0.4) is 0 Å². The summed E-state index contributed by atoms with van der Waals surface area (Å²) in [6, 6.07) is 8.66. The molecule has 2 aromatic rings. The van der Waals surface area contributed by atoms with Crippen molar-refractivity contribution in [2.45, 2.75) is 25.3 Å². The molecule has 8 heteroatoms. The summed E-state index contributed by atoms with van der Waals surface area (Å²) in [4.78, 5) is 0.186. The number of aromatic nitrogens is 2. The van der Waals surface area contributed by atoms with Crippen LogP contribution < -0.4 is 10.0 Å². The van der Waals surface area contributed by atoms with E-state index in [0.717, 1.165) is 11.1 Å². The van der Waals surface area contributed by atoms with Crippen LogP contribution in [0.1, 0.15) is 22.4 Å². The van der Waals surface area contributed by atoms with Gasteiger partial charge in [-0.2, -0.15) is 10.4 Å². The van der Waals surface area contributed by atoms with E-state index in [1.807, 2.05) is 6.92 Å². The first-order valence-electron chi connectivity index (χ1n) is 6.89. The monoisotopic (exact) mass is 331 g/mol. The summed E-state index contributed by atoms with van der Waals surface area (Å²) in [5.74, 6) is 0.387. The van der Waals surface area contributed by atoms with Crippen LogP contribution in [-0.2, 0) is 16.6 Å². The molecule has 2 rings (SSSR count). The molecular weight excluding hydrogens is 314 g/mol. The number of benzene rings is 1. The molecule has 0 spiro atoms. The van der Waals surface area contributed by atoms with E-state index in [-0.39, 0.29) is 4.90 Å². The topological polar surface area (TPSA) is 108 Å². The maximum Gasteiger partial charge on any atom is 0.240 e. The molecule has 0 bridgehead atoms. The lowest BCUT2D eigenvalue weighted by molar-refractivity contribution is 0.588. The van der Waals surface area contributed by atoms with Gasteiger partial charge in [0, 0.05) is 6.54 Å². The fourth-order valence-electron chi connectivity index (χ4n) is 2.00. The molecule has 0 aliphatic heterocycles. The van der Waals surface area contributed by atoms with Crippen LogP contribution in [0.4, 0.5) is 5.82 Å². The van der Waals surface area contributed by atoms with Gasteiger partial charge in [0.15, 0.2) is 5.82 Å². The molecule has 0 aliphatic rings. The predicted molar refractivity (Wildman–Crippen MR) is 86.2 cm³/mol. The highest BCUT2D eigenvalue weighted by Crippen LogP contribution is 2.18.